The van der Waals surface area contributed by atoms with E-state index in [1.165, 1.54) is 45.6 Å². The van der Waals surface area contributed by atoms with Gasteiger partial charge in [0.05, 0.1) is 11.5 Å². The van der Waals surface area contributed by atoms with Crippen LogP contribution < -0.4 is 0 Å². The molecular formula is C14H25N3. The van der Waals surface area contributed by atoms with Crippen molar-refractivity contribution >= 4 is 0 Å². The van der Waals surface area contributed by atoms with E-state index in [1.54, 1.807) is 0 Å². The molecule has 3 nitrogen and oxygen atoms in total. The summed E-state index contributed by atoms with van der Waals surface area (Å²) in [6.07, 6.45) is 3.90. The van der Waals surface area contributed by atoms with Gasteiger partial charge in [-0.1, -0.05) is 0 Å². The summed E-state index contributed by atoms with van der Waals surface area (Å²) in [6.45, 7) is 11.3. The summed E-state index contributed by atoms with van der Waals surface area (Å²) in [5.41, 5.74) is -0.162. The Balaban J connectivity index is 1.63. The lowest BCUT2D eigenvalue weighted by Gasteiger charge is -2.35. The highest BCUT2D eigenvalue weighted by molar-refractivity contribution is 4.92. The highest BCUT2D eigenvalue weighted by Crippen LogP contribution is 2.30. The molecule has 0 aromatic carbocycles. The van der Waals surface area contributed by atoms with Gasteiger partial charge in [0.25, 0.3) is 0 Å². The Kier molecular flexibility index (Phi) is 4.06. The first-order chi connectivity index (χ1) is 8.09. The summed E-state index contributed by atoms with van der Waals surface area (Å²) in [7, 11) is 0. The molecule has 1 saturated carbocycles. The molecule has 96 valence electrons. The Morgan fingerprint density at radius 3 is 2.24 bits per heavy atom. The summed E-state index contributed by atoms with van der Waals surface area (Å²) >= 11 is 0. The van der Waals surface area contributed by atoms with E-state index in [0.717, 1.165) is 18.9 Å². The van der Waals surface area contributed by atoms with Crippen LogP contribution in [0.2, 0.25) is 0 Å². The van der Waals surface area contributed by atoms with Gasteiger partial charge in [0, 0.05) is 32.7 Å². The second-order valence-corrected chi connectivity index (χ2v) is 6.33. The summed E-state index contributed by atoms with van der Waals surface area (Å²) in [6, 6.07) is 2.39. The van der Waals surface area contributed by atoms with Crippen molar-refractivity contribution < 1.29 is 0 Å². The number of piperazine rings is 1. The monoisotopic (exact) mass is 235 g/mol. The molecule has 2 aliphatic rings. The van der Waals surface area contributed by atoms with Crippen LogP contribution in [-0.4, -0.2) is 49.1 Å². The zero-order valence-electron chi connectivity index (χ0n) is 11.3. The molecule has 2 fully saturated rings. The second-order valence-electron chi connectivity index (χ2n) is 6.33. The van der Waals surface area contributed by atoms with Gasteiger partial charge < -0.3 is 9.80 Å². The second kappa shape index (κ2) is 5.37. The summed E-state index contributed by atoms with van der Waals surface area (Å²) in [5.74, 6) is 1.01. The smallest absolute Gasteiger partial charge is 0.0684 e. The molecule has 0 aromatic rings. The fourth-order valence-electron chi connectivity index (χ4n) is 2.35. The fourth-order valence-corrected chi connectivity index (χ4v) is 2.35. The van der Waals surface area contributed by atoms with E-state index in [4.69, 9.17) is 5.26 Å². The van der Waals surface area contributed by atoms with Crippen LogP contribution in [0.5, 0.6) is 0 Å². The van der Waals surface area contributed by atoms with Gasteiger partial charge in [-0.05, 0) is 45.6 Å². The van der Waals surface area contributed by atoms with Gasteiger partial charge in [0.1, 0.15) is 0 Å². The van der Waals surface area contributed by atoms with Crippen molar-refractivity contribution in [2.24, 2.45) is 11.3 Å². The number of rotatable bonds is 5. The zero-order chi connectivity index (χ0) is 12.3. The van der Waals surface area contributed by atoms with Crippen molar-refractivity contribution in [1.29, 1.82) is 5.26 Å². The lowest BCUT2D eigenvalue weighted by Crippen LogP contribution is -2.47. The number of nitrogens with zero attached hydrogens (tertiary/aromatic N) is 3. The average molecular weight is 235 g/mol. The van der Waals surface area contributed by atoms with E-state index in [-0.39, 0.29) is 5.41 Å². The molecule has 1 saturated heterocycles. The Bertz CT molecular complexity index is 280. The molecule has 2 rings (SSSR count). The minimum Gasteiger partial charge on any atom is -0.301 e. The standard InChI is InChI=1S/C14H25N3/c1-14(2,12-15)5-6-16-7-9-17(10-8-16)11-13-3-4-13/h13H,3-11H2,1-2H3. The Hall–Kier alpha value is -0.590. The van der Waals surface area contributed by atoms with Crippen molar-refractivity contribution in [1.82, 2.24) is 9.80 Å². The van der Waals surface area contributed by atoms with Gasteiger partial charge in [-0.15, -0.1) is 0 Å². The summed E-state index contributed by atoms with van der Waals surface area (Å²) in [4.78, 5) is 5.13. The highest BCUT2D eigenvalue weighted by Gasteiger charge is 2.26. The van der Waals surface area contributed by atoms with Crippen molar-refractivity contribution in [3.8, 4) is 6.07 Å². The van der Waals surface area contributed by atoms with Crippen LogP contribution >= 0.6 is 0 Å². The first-order valence-electron chi connectivity index (χ1n) is 6.95. The fraction of sp³-hybridized carbons (Fsp3) is 0.929. The van der Waals surface area contributed by atoms with E-state index in [9.17, 15) is 0 Å². The van der Waals surface area contributed by atoms with Crippen molar-refractivity contribution in [3.05, 3.63) is 0 Å². The van der Waals surface area contributed by atoms with E-state index in [2.05, 4.69) is 15.9 Å². The molecule has 0 spiro atoms. The molecule has 17 heavy (non-hydrogen) atoms. The largest absolute Gasteiger partial charge is 0.301 e. The molecule has 1 aliphatic carbocycles. The van der Waals surface area contributed by atoms with Crippen molar-refractivity contribution in [2.75, 3.05) is 39.3 Å². The molecule has 0 bridgehead atoms. The molecule has 0 unspecified atom stereocenters. The SMILES string of the molecule is CC(C)(C#N)CCN1CCN(CC2CC2)CC1. The third-order valence-electron chi connectivity index (χ3n) is 4.03. The minimum atomic E-state index is -0.162. The van der Waals surface area contributed by atoms with E-state index in [0.29, 0.717) is 0 Å². The molecule has 1 aliphatic heterocycles. The van der Waals surface area contributed by atoms with Crippen LogP contribution in [-0.2, 0) is 0 Å². The van der Waals surface area contributed by atoms with Crippen LogP contribution in [0.3, 0.4) is 0 Å². The van der Waals surface area contributed by atoms with Gasteiger partial charge in [0.15, 0.2) is 0 Å². The summed E-state index contributed by atoms with van der Waals surface area (Å²) < 4.78 is 0. The molecule has 3 heteroatoms. The Labute approximate surface area is 105 Å². The van der Waals surface area contributed by atoms with Gasteiger partial charge >= 0.3 is 0 Å². The van der Waals surface area contributed by atoms with Crippen LogP contribution in [0.1, 0.15) is 33.1 Å². The van der Waals surface area contributed by atoms with Crippen molar-refractivity contribution in [2.45, 2.75) is 33.1 Å². The maximum atomic E-state index is 8.99. The molecular weight excluding hydrogens is 210 g/mol. The lowest BCUT2D eigenvalue weighted by atomic mass is 9.91. The van der Waals surface area contributed by atoms with E-state index in [1.807, 2.05) is 13.8 Å². The van der Waals surface area contributed by atoms with E-state index < -0.39 is 0 Å². The number of hydrogen-bond donors (Lipinski definition) is 0. The third kappa shape index (κ3) is 4.29. The Morgan fingerprint density at radius 1 is 1.12 bits per heavy atom. The average Bonchev–Trinajstić information content (AvgIpc) is 3.12. The first-order valence-corrected chi connectivity index (χ1v) is 6.95. The van der Waals surface area contributed by atoms with Gasteiger partial charge in [0.2, 0.25) is 0 Å². The molecule has 0 atom stereocenters. The number of hydrogen-bond acceptors (Lipinski definition) is 3. The zero-order valence-corrected chi connectivity index (χ0v) is 11.3. The molecule has 1 heterocycles. The van der Waals surface area contributed by atoms with Gasteiger partial charge in [-0.2, -0.15) is 5.26 Å². The topological polar surface area (TPSA) is 30.3 Å². The predicted octanol–water partition coefficient (Wildman–Crippen LogP) is 1.95. The van der Waals surface area contributed by atoms with Gasteiger partial charge in [-0.25, -0.2) is 0 Å². The molecule has 0 radical (unpaired) electrons. The molecule has 0 aromatic heterocycles. The minimum absolute atomic E-state index is 0.162. The maximum Gasteiger partial charge on any atom is 0.0684 e. The van der Waals surface area contributed by atoms with Crippen LogP contribution in [0.15, 0.2) is 0 Å². The Morgan fingerprint density at radius 2 is 1.71 bits per heavy atom. The van der Waals surface area contributed by atoms with E-state index >= 15 is 0 Å². The molecule has 0 N–H and O–H groups in total. The highest BCUT2D eigenvalue weighted by atomic mass is 15.3. The number of nitriles is 1. The first kappa shape index (κ1) is 12.9. The van der Waals surface area contributed by atoms with Crippen LogP contribution in [0.4, 0.5) is 0 Å². The molecule has 0 amide bonds. The normalized spacial score (nSPS) is 23.6. The quantitative estimate of drug-likeness (QED) is 0.729. The maximum absolute atomic E-state index is 8.99. The van der Waals surface area contributed by atoms with Crippen LogP contribution in [0, 0.1) is 22.7 Å². The summed E-state index contributed by atoms with van der Waals surface area (Å²) in [5, 5.41) is 8.99. The predicted molar refractivity (Wildman–Crippen MR) is 69.6 cm³/mol. The van der Waals surface area contributed by atoms with Gasteiger partial charge in [-0.3, -0.25) is 0 Å². The lowest BCUT2D eigenvalue weighted by molar-refractivity contribution is 0.121. The van der Waals surface area contributed by atoms with Crippen LogP contribution in [0.25, 0.3) is 0 Å². The third-order valence-corrected chi connectivity index (χ3v) is 4.03. The van der Waals surface area contributed by atoms with Crippen molar-refractivity contribution in [3.63, 3.8) is 0 Å².